The SMILES string of the molecule is CCCCc1c(C(=O)OC)c(C(=O)OC)c(CCCC)c2cc3c(cc12)C(O)(C#C[Si](C(C)C)(C(C)C)C(C)C)c1cc2c(CCCC)c(C(=O)OC)c(C(=O)OC)c(CCCC)c2cc1C3(O)C#C[Si](C(C)C)(C(C)C)C(C)C. The fourth-order valence-corrected chi connectivity index (χ4v) is 24.6. The van der Waals surface area contributed by atoms with Gasteiger partial charge in [-0.05, 0) is 153 Å². The molecule has 0 saturated heterocycles. The van der Waals surface area contributed by atoms with Gasteiger partial charge in [0.1, 0.15) is 16.1 Å². The quantitative estimate of drug-likeness (QED) is 0.0337. The van der Waals surface area contributed by atoms with Crippen molar-refractivity contribution in [1.29, 1.82) is 0 Å². The molecular formula is C68H96O10Si2. The Morgan fingerprint density at radius 2 is 0.588 bits per heavy atom. The van der Waals surface area contributed by atoms with Crippen LogP contribution in [0.15, 0.2) is 24.3 Å². The highest BCUT2D eigenvalue weighted by Gasteiger charge is 2.52. The summed E-state index contributed by atoms with van der Waals surface area (Å²) in [5, 5.41) is 32.1. The Kier molecular flexibility index (Phi) is 21.9. The maximum Gasteiger partial charge on any atom is 0.339 e. The van der Waals surface area contributed by atoms with Crippen LogP contribution in [0.3, 0.4) is 0 Å². The molecule has 0 radical (unpaired) electrons. The molecule has 0 amide bonds. The van der Waals surface area contributed by atoms with Crippen molar-refractivity contribution in [1.82, 2.24) is 0 Å². The van der Waals surface area contributed by atoms with E-state index in [0.717, 1.165) is 25.7 Å². The zero-order valence-corrected chi connectivity index (χ0v) is 54.4. The average Bonchev–Trinajstić information content (AvgIpc) is 3.60. The van der Waals surface area contributed by atoms with Gasteiger partial charge in [0.2, 0.25) is 0 Å². The Bertz CT molecular complexity index is 2700. The first-order chi connectivity index (χ1) is 37.7. The van der Waals surface area contributed by atoms with Gasteiger partial charge in [-0.3, -0.25) is 0 Å². The van der Waals surface area contributed by atoms with Crippen LogP contribution in [-0.4, -0.2) is 78.7 Å². The van der Waals surface area contributed by atoms with Gasteiger partial charge in [-0.25, -0.2) is 19.2 Å². The van der Waals surface area contributed by atoms with Crippen LogP contribution < -0.4 is 0 Å². The van der Waals surface area contributed by atoms with E-state index in [1.807, 2.05) is 24.3 Å². The van der Waals surface area contributed by atoms with E-state index in [1.165, 1.54) is 28.4 Å². The zero-order chi connectivity index (χ0) is 60.0. The smallest absolute Gasteiger partial charge is 0.339 e. The highest BCUT2D eigenvalue weighted by atomic mass is 28.3. The molecule has 436 valence electrons. The number of carbonyl (C=O) groups excluding carboxylic acids is 4. The van der Waals surface area contributed by atoms with E-state index in [4.69, 9.17) is 18.9 Å². The van der Waals surface area contributed by atoms with E-state index in [2.05, 4.69) is 134 Å². The van der Waals surface area contributed by atoms with Crippen molar-refractivity contribution in [3.8, 4) is 22.9 Å². The van der Waals surface area contributed by atoms with E-state index in [1.54, 1.807) is 0 Å². The van der Waals surface area contributed by atoms with Gasteiger partial charge in [0, 0.05) is 22.3 Å². The third-order valence-electron chi connectivity index (χ3n) is 18.2. The van der Waals surface area contributed by atoms with Crippen LogP contribution >= 0.6 is 0 Å². The molecule has 2 N–H and O–H groups in total. The second-order valence-corrected chi connectivity index (χ2v) is 35.6. The average molecular weight is 1130 g/mol. The minimum Gasteiger partial charge on any atom is -0.465 e. The molecule has 80 heavy (non-hydrogen) atoms. The van der Waals surface area contributed by atoms with E-state index in [9.17, 15) is 29.4 Å². The summed E-state index contributed by atoms with van der Waals surface area (Å²) in [4.78, 5) is 57.7. The molecule has 4 aromatic rings. The fraction of sp³-hybridized carbons (Fsp3) is 0.588. The molecule has 0 spiro atoms. The predicted molar refractivity (Wildman–Crippen MR) is 331 cm³/mol. The van der Waals surface area contributed by atoms with E-state index in [-0.39, 0.29) is 55.5 Å². The number of methoxy groups -OCH3 is 4. The number of esters is 4. The Morgan fingerprint density at radius 3 is 0.738 bits per heavy atom. The van der Waals surface area contributed by atoms with Crippen LogP contribution in [0, 0.1) is 22.9 Å². The first kappa shape index (κ1) is 65.6. The van der Waals surface area contributed by atoms with Gasteiger partial charge >= 0.3 is 23.9 Å². The predicted octanol–water partition coefficient (Wildman–Crippen LogP) is 15.7. The van der Waals surface area contributed by atoms with Gasteiger partial charge in [-0.15, -0.1) is 11.1 Å². The van der Waals surface area contributed by atoms with Crippen LogP contribution in [0.4, 0.5) is 0 Å². The molecule has 1 aliphatic carbocycles. The summed E-state index contributed by atoms with van der Waals surface area (Å²) in [5.74, 6) is 4.65. The van der Waals surface area contributed by atoms with Gasteiger partial charge < -0.3 is 29.2 Å². The second-order valence-electron chi connectivity index (χ2n) is 24.4. The van der Waals surface area contributed by atoms with E-state index < -0.39 is 51.2 Å². The lowest BCUT2D eigenvalue weighted by molar-refractivity contribution is 0.0553. The standard InChI is InChI=1S/C68H96O10Si2/c1-21-25-29-47-51-37-55-56(38-52(51)48(30-26-22-2)60(64(70)76-18)59(47)63(69)75-17)68(74,34-36-80(44(11)12,45(13)14)46(15)16)58-40-54-50(32-28-24-4)62(66(72)78-20)61(65(71)77-19)49(31-27-23-3)53(54)39-57(58)67(55,73)33-35-79(41(5)6,42(7)8)43(9)10/h37-46,73-74H,21-32H2,1-20H3. The molecule has 10 nitrogen and oxygen atoms in total. The van der Waals surface area contributed by atoms with Crippen LogP contribution in [0.25, 0.3) is 21.5 Å². The normalized spacial score (nSPS) is 16.2. The van der Waals surface area contributed by atoms with E-state index >= 15 is 0 Å². The Labute approximate surface area is 482 Å². The zero-order valence-electron chi connectivity index (χ0n) is 52.4. The van der Waals surface area contributed by atoms with Crippen molar-refractivity contribution in [2.24, 2.45) is 0 Å². The molecule has 0 saturated carbocycles. The summed E-state index contributed by atoms with van der Waals surface area (Å²) < 4.78 is 22.2. The monoisotopic (exact) mass is 1130 g/mol. The number of aryl methyl sites for hydroxylation is 4. The first-order valence-electron chi connectivity index (χ1n) is 29.9. The minimum atomic E-state index is -2.66. The number of unbranched alkanes of at least 4 members (excludes halogenated alkanes) is 4. The van der Waals surface area contributed by atoms with Crippen LogP contribution in [0.1, 0.15) is 248 Å². The molecule has 12 heteroatoms. The number of hydrogen-bond donors (Lipinski definition) is 2. The van der Waals surface area contributed by atoms with Crippen molar-refractivity contribution < 1.29 is 48.3 Å². The maximum atomic E-state index is 14.8. The summed E-state index contributed by atoms with van der Waals surface area (Å²) >= 11 is 0. The summed E-state index contributed by atoms with van der Waals surface area (Å²) in [6.45, 7) is 35.0. The van der Waals surface area contributed by atoms with Gasteiger partial charge in [0.15, 0.2) is 11.2 Å². The lowest BCUT2D eigenvalue weighted by Crippen LogP contribution is -2.46. The molecular weight excluding hydrogens is 1030 g/mol. The van der Waals surface area contributed by atoms with Crippen molar-refractivity contribution in [3.05, 3.63) is 91.0 Å². The Hall–Kier alpha value is -5.25. The number of benzene rings is 4. The highest BCUT2D eigenvalue weighted by Crippen LogP contribution is 2.54. The van der Waals surface area contributed by atoms with Crippen LogP contribution in [0.2, 0.25) is 33.2 Å². The number of fused-ring (bicyclic) bond motifs is 4. The molecule has 0 aliphatic heterocycles. The van der Waals surface area contributed by atoms with Gasteiger partial charge in [-0.1, -0.05) is 148 Å². The molecule has 0 aromatic heterocycles. The molecule has 1 aliphatic rings. The second kappa shape index (κ2) is 26.8. The van der Waals surface area contributed by atoms with Gasteiger partial charge in [0.25, 0.3) is 0 Å². The van der Waals surface area contributed by atoms with Crippen molar-refractivity contribution in [3.63, 3.8) is 0 Å². The highest BCUT2D eigenvalue weighted by molar-refractivity contribution is 6.91. The van der Waals surface area contributed by atoms with Crippen molar-refractivity contribution in [2.75, 3.05) is 28.4 Å². The van der Waals surface area contributed by atoms with Gasteiger partial charge in [-0.2, -0.15) is 0 Å². The Balaban J connectivity index is 2.39. The van der Waals surface area contributed by atoms with E-state index in [0.29, 0.717) is 117 Å². The summed E-state index contributed by atoms with van der Waals surface area (Å²) in [6.07, 6.45) is 7.29. The van der Waals surface area contributed by atoms with Crippen molar-refractivity contribution in [2.45, 2.75) is 232 Å². The van der Waals surface area contributed by atoms with Crippen LogP contribution in [-0.2, 0) is 55.8 Å². The lowest BCUT2D eigenvalue weighted by Gasteiger charge is -2.43. The number of aliphatic hydroxyl groups is 2. The molecule has 0 heterocycles. The first-order valence-corrected chi connectivity index (χ1v) is 34.4. The number of hydrogen-bond acceptors (Lipinski definition) is 10. The molecule has 0 atom stereocenters. The topological polar surface area (TPSA) is 146 Å². The maximum absolute atomic E-state index is 14.8. The number of rotatable bonds is 22. The third-order valence-corrected chi connectivity index (χ3v) is 30.8. The fourth-order valence-electron chi connectivity index (χ4n) is 14.1. The molecule has 0 bridgehead atoms. The molecule has 0 unspecified atom stereocenters. The summed E-state index contributed by atoms with van der Waals surface area (Å²) in [5.41, 5.74) is 8.69. The minimum absolute atomic E-state index is 0.127. The third kappa shape index (κ3) is 11.5. The molecule has 4 aromatic carbocycles. The Morgan fingerprint density at radius 1 is 0.400 bits per heavy atom. The van der Waals surface area contributed by atoms with Crippen molar-refractivity contribution >= 4 is 61.6 Å². The van der Waals surface area contributed by atoms with Crippen LogP contribution in [0.5, 0.6) is 0 Å². The number of ether oxygens (including phenoxy) is 4. The van der Waals surface area contributed by atoms with Gasteiger partial charge in [0.05, 0.1) is 50.7 Å². The molecule has 0 fully saturated rings. The largest absolute Gasteiger partial charge is 0.465 e. The molecule has 5 rings (SSSR count). The summed E-state index contributed by atoms with van der Waals surface area (Å²) in [6, 6.07) is 7.66. The summed E-state index contributed by atoms with van der Waals surface area (Å²) in [7, 11) is -0.0688. The lowest BCUT2D eigenvalue weighted by atomic mass is 9.65. The number of carbonyl (C=O) groups is 4.